The molecule has 168 valence electrons. The number of carbonyl (C=O) groups excluding carboxylic acids is 3. The highest BCUT2D eigenvalue weighted by atomic mass is 79.9. The van der Waals surface area contributed by atoms with E-state index in [-0.39, 0.29) is 0 Å². The third-order valence-electron chi connectivity index (χ3n) is 5.95. The molecule has 2 heterocycles. The molecule has 0 bridgehead atoms. The number of rotatable bonds is 5. The molecule has 0 saturated carbocycles. The Morgan fingerprint density at radius 2 is 1.34 bits per heavy atom. The summed E-state index contributed by atoms with van der Waals surface area (Å²) in [5, 5.41) is 4.58. The molecule has 0 aromatic heterocycles. The average Bonchev–Trinajstić information content (AvgIpc) is 2.76. The number of hydrogen-bond acceptors (Lipinski definition) is 6. The maximum absolute atomic E-state index is 13.2. The Kier molecular flexibility index (Phi) is 6.32. The fraction of sp³-hybridized carbons (Fsp3) is 0.348. The summed E-state index contributed by atoms with van der Waals surface area (Å²) in [5.74, 6) is -0.0283. The molecule has 9 heteroatoms. The van der Waals surface area contributed by atoms with Crippen LogP contribution in [-0.2, 0) is 15.1 Å². The van der Waals surface area contributed by atoms with Crippen molar-refractivity contribution in [2.24, 2.45) is 0 Å². The molecule has 0 spiro atoms. The maximum atomic E-state index is 13.2. The molecule has 4 amide bonds. The van der Waals surface area contributed by atoms with Gasteiger partial charge in [0.15, 0.2) is 0 Å². The Labute approximate surface area is 195 Å². The number of nitrogens with zero attached hydrogens (tertiary/aromatic N) is 2. The van der Waals surface area contributed by atoms with Gasteiger partial charge >= 0.3 is 6.03 Å². The summed E-state index contributed by atoms with van der Waals surface area (Å²) in [6.45, 7) is 6.72. The second-order valence-electron chi connectivity index (χ2n) is 8.14. The first-order valence-corrected chi connectivity index (χ1v) is 11.3. The van der Waals surface area contributed by atoms with Crippen molar-refractivity contribution in [3.8, 4) is 11.5 Å². The van der Waals surface area contributed by atoms with Crippen LogP contribution >= 0.6 is 15.9 Å². The fourth-order valence-electron chi connectivity index (χ4n) is 4.23. The smallest absolute Gasteiger partial charge is 0.328 e. The Hall–Kier alpha value is -2.75. The highest BCUT2D eigenvalue weighted by molar-refractivity contribution is 9.10. The van der Waals surface area contributed by atoms with Crippen LogP contribution in [-0.4, -0.2) is 59.9 Å². The minimum Gasteiger partial charge on any atom is -0.457 e. The molecule has 2 aromatic carbocycles. The molecule has 2 aliphatic heterocycles. The lowest BCUT2D eigenvalue weighted by Crippen LogP contribution is -2.73. The van der Waals surface area contributed by atoms with E-state index in [1.54, 1.807) is 24.3 Å². The second-order valence-corrected chi connectivity index (χ2v) is 9.06. The van der Waals surface area contributed by atoms with Crippen LogP contribution in [0.15, 0.2) is 53.0 Å². The third-order valence-corrected chi connectivity index (χ3v) is 6.48. The number of piperazine rings is 1. The minimum absolute atomic E-state index is 0.374. The van der Waals surface area contributed by atoms with Crippen molar-refractivity contribution >= 4 is 33.8 Å². The molecule has 8 nitrogen and oxygen atoms in total. The number of benzene rings is 2. The van der Waals surface area contributed by atoms with Gasteiger partial charge < -0.3 is 4.74 Å². The van der Waals surface area contributed by atoms with Crippen molar-refractivity contribution in [3.05, 3.63) is 58.6 Å². The van der Waals surface area contributed by atoms with Gasteiger partial charge in [0.2, 0.25) is 5.54 Å². The second kappa shape index (κ2) is 9.01. The predicted molar refractivity (Wildman–Crippen MR) is 122 cm³/mol. The van der Waals surface area contributed by atoms with Gasteiger partial charge in [-0.2, -0.15) is 0 Å². The Balaban J connectivity index is 1.64. The van der Waals surface area contributed by atoms with Gasteiger partial charge in [0.05, 0.1) is 0 Å². The van der Waals surface area contributed by atoms with E-state index >= 15 is 0 Å². The lowest BCUT2D eigenvalue weighted by Gasteiger charge is -2.47. The van der Waals surface area contributed by atoms with E-state index < -0.39 is 23.4 Å². The van der Waals surface area contributed by atoms with Crippen molar-refractivity contribution in [2.45, 2.75) is 25.4 Å². The zero-order chi connectivity index (χ0) is 22.9. The van der Waals surface area contributed by atoms with Gasteiger partial charge in [0.1, 0.15) is 11.5 Å². The van der Waals surface area contributed by atoms with E-state index in [9.17, 15) is 14.4 Å². The van der Waals surface area contributed by atoms with Crippen molar-refractivity contribution in [3.63, 3.8) is 0 Å². The van der Waals surface area contributed by atoms with Gasteiger partial charge in [-0.25, -0.2) is 4.79 Å². The third kappa shape index (κ3) is 4.15. The minimum atomic E-state index is -1.62. The predicted octanol–water partition coefficient (Wildman–Crippen LogP) is 2.83. The number of imide groups is 2. The number of urea groups is 1. The number of barbiturate groups is 1. The Morgan fingerprint density at radius 3 is 1.84 bits per heavy atom. The largest absolute Gasteiger partial charge is 0.457 e. The summed E-state index contributed by atoms with van der Waals surface area (Å²) in [7, 11) is 0. The molecule has 2 fully saturated rings. The normalized spacial score (nSPS) is 19.6. The van der Waals surface area contributed by atoms with Gasteiger partial charge in [-0.05, 0) is 55.8 Å². The summed E-state index contributed by atoms with van der Waals surface area (Å²) in [6.07, 6.45) is 0. The molecule has 0 radical (unpaired) electrons. The zero-order valence-electron chi connectivity index (χ0n) is 17.9. The first-order chi connectivity index (χ1) is 15.3. The fourth-order valence-corrected chi connectivity index (χ4v) is 4.49. The average molecular weight is 501 g/mol. The maximum Gasteiger partial charge on any atom is 0.328 e. The molecule has 2 N–H and O–H groups in total. The van der Waals surface area contributed by atoms with Crippen LogP contribution < -0.4 is 15.4 Å². The molecule has 2 saturated heterocycles. The molecule has 0 atom stereocenters. The molecule has 0 aliphatic carbocycles. The molecule has 4 rings (SSSR count). The Morgan fingerprint density at radius 1 is 0.844 bits per heavy atom. The van der Waals surface area contributed by atoms with Crippen LogP contribution in [0.5, 0.6) is 11.5 Å². The van der Waals surface area contributed by atoms with Gasteiger partial charge in [-0.3, -0.25) is 30.0 Å². The molecule has 2 aromatic rings. The van der Waals surface area contributed by atoms with Crippen LogP contribution in [0.3, 0.4) is 0 Å². The van der Waals surface area contributed by atoms with Crippen LogP contribution in [0.2, 0.25) is 0 Å². The van der Waals surface area contributed by atoms with E-state index in [1.807, 2.05) is 29.2 Å². The lowest BCUT2D eigenvalue weighted by atomic mass is 9.84. The number of amides is 4. The van der Waals surface area contributed by atoms with E-state index in [0.29, 0.717) is 36.2 Å². The highest BCUT2D eigenvalue weighted by Gasteiger charge is 2.56. The number of halogens is 1. The molecule has 32 heavy (non-hydrogen) atoms. The summed E-state index contributed by atoms with van der Waals surface area (Å²) in [6, 6.07) is 13.9. The zero-order valence-corrected chi connectivity index (χ0v) is 19.5. The first-order valence-electron chi connectivity index (χ1n) is 10.5. The molecular weight excluding hydrogens is 476 g/mol. The van der Waals surface area contributed by atoms with E-state index in [2.05, 4.69) is 45.3 Å². The summed E-state index contributed by atoms with van der Waals surface area (Å²) in [4.78, 5) is 42.3. The van der Waals surface area contributed by atoms with Crippen LogP contribution in [0.1, 0.15) is 19.4 Å². The quantitative estimate of drug-likeness (QED) is 0.613. The van der Waals surface area contributed by atoms with Crippen LogP contribution in [0, 0.1) is 0 Å². The van der Waals surface area contributed by atoms with Crippen LogP contribution in [0.25, 0.3) is 0 Å². The first kappa shape index (κ1) is 22.4. The van der Waals surface area contributed by atoms with E-state index in [1.165, 1.54) is 0 Å². The highest BCUT2D eigenvalue weighted by Crippen LogP contribution is 2.34. The molecule has 2 aliphatic rings. The van der Waals surface area contributed by atoms with Crippen molar-refractivity contribution in [1.82, 2.24) is 20.4 Å². The SMILES string of the molecule is CC(C)N1CCN(C2(c3ccc(Oc4ccc(Br)cc4)cc3)C(=O)NC(=O)NC2=O)CC1. The monoisotopic (exact) mass is 500 g/mol. The summed E-state index contributed by atoms with van der Waals surface area (Å²) in [5.41, 5.74) is -1.13. The van der Waals surface area contributed by atoms with Gasteiger partial charge in [-0.15, -0.1) is 0 Å². The molecule has 0 unspecified atom stereocenters. The number of hydrogen-bond donors (Lipinski definition) is 2. The summed E-state index contributed by atoms with van der Waals surface area (Å²) < 4.78 is 6.82. The molecular formula is C23H25BrN4O4. The van der Waals surface area contributed by atoms with Crippen LogP contribution in [0.4, 0.5) is 4.79 Å². The van der Waals surface area contributed by atoms with Gasteiger partial charge in [0, 0.05) is 36.7 Å². The number of ether oxygens (including phenoxy) is 1. The van der Waals surface area contributed by atoms with Crippen molar-refractivity contribution in [1.29, 1.82) is 0 Å². The lowest BCUT2D eigenvalue weighted by molar-refractivity contribution is -0.150. The standard InChI is InChI=1S/C23H25BrN4O4/c1-15(2)27-11-13-28(14-12-27)23(20(29)25-22(31)26-21(23)30)16-3-7-18(8-4-16)32-19-9-5-17(24)6-10-19/h3-10,15H,11-14H2,1-2H3,(H2,25,26,29,30,31). The van der Waals surface area contributed by atoms with Crippen molar-refractivity contribution < 1.29 is 19.1 Å². The summed E-state index contributed by atoms with van der Waals surface area (Å²) >= 11 is 3.39. The van der Waals surface area contributed by atoms with Gasteiger partial charge in [-0.1, -0.05) is 28.1 Å². The van der Waals surface area contributed by atoms with E-state index in [4.69, 9.17) is 4.74 Å². The van der Waals surface area contributed by atoms with Crippen molar-refractivity contribution in [2.75, 3.05) is 26.2 Å². The van der Waals surface area contributed by atoms with E-state index in [0.717, 1.165) is 17.6 Å². The number of carbonyl (C=O) groups is 3. The number of nitrogens with one attached hydrogen (secondary N) is 2. The Bertz CT molecular complexity index is 995. The topological polar surface area (TPSA) is 91.0 Å². The van der Waals surface area contributed by atoms with Gasteiger partial charge in [0.25, 0.3) is 11.8 Å².